The Balaban J connectivity index is 1.81. The molecule has 0 bridgehead atoms. The van der Waals surface area contributed by atoms with E-state index in [4.69, 9.17) is 4.74 Å². The first kappa shape index (κ1) is 24.5. The Morgan fingerprint density at radius 2 is 1.55 bits per heavy atom. The third kappa shape index (κ3) is 7.79. The van der Waals surface area contributed by atoms with Crippen LogP contribution in [0.5, 0.6) is 5.75 Å². The molecule has 1 aromatic heterocycles. The van der Waals surface area contributed by atoms with Gasteiger partial charge in [0.2, 0.25) is 0 Å². The van der Waals surface area contributed by atoms with Crippen LogP contribution in [0.15, 0.2) is 36.7 Å². The topological polar surface area (TPSA) is 75.9 Å². The Morgan fingerprint density at radius 3 is 2.10 bits per heavy atom. The van der Waals surface area contributed by atoms with Crippen LogP contribution in [0.1, 0.15) is 84.1 Å². The van der Waals surface area contributed by atoms with Gasteiger partial charge >= 0.3 is 5.97 Å². The second-order valence-corrected chi connectivity index (χ2v) is 8.35. The zero-order valence-corrected chi connectivity index (χ0v) is 19.2. The molecule has 5 nitrogen and oxygen atoms in total. The largest absolute Gasteiger partial charge is 0.425 e. The summed E-state index contributed by atoms with van der Waals surface area (Å²) in [5.74, 6) is 0.523. The molecule has 0 fully saturated rings. The van der Waals surface area contributed by atoms with Gasteiger partial charge < -0.3 is 4.74 Å². The maximum absolute atomic E-state index is 12.2. The first-order chi connectivity index (χ1) is 15.0. The highest BCUT2D eigenvalue weighted by atomic mass is 16.5. The van der Waals surface area contributed by atoms with Gasteiger partial charge in [0.1, 0.15) is 5.75 Å². The van der Waals surface area contributed by atoms with E-state index in [1.165, 1.54) is 51.4 Å². The molecule has 0 spiro atoms. The van der Waals surface area contributed by atoms with E-state index < -0.39 is 11.4 Å². The van der Waals surface area contributed by atoms with Crippen molar-refractivity contribution < 1.29 is 9.53 Å². The van der Waals surface area contributed by atoms with Crippen LogP contribution in [0.4, 0.5) is 0 Å². The fourth-order valence-corrected chi connectivity index (χ4v) is 3.26. The van der Waals surface area contributed by atoms with Crippen molar-refractivity contribution in [2.24, 2.45) is 5.41 Å². The first-order valence-electron chi connectivity index (χ1n) is 11.6. The highest BCUT2D eigenvalue weighted by Gasteiger charge is 2.33. The average Bonchev–Trinajstić information content (AvgIpc) is 2.81. The minimum Gasteiger partial charge on any atom is -0.425 e. The van der Waals surface area contributed by atoms with Crippen LogP contribution in [0.3, 0.4) is 0 Å². The van der Waals surface area contributed by atoms with Gasteiger partial charge in [-0.2, -0.15) is 5.26 Å². The molecule has 0 amide bonds. The summed E-state index contributed by atoms with van der Waals surface area (Å²) in [4.78, 5) is 21.2. The van der Waals surface area contributed by atoms with E-state index in [0.717, 1.165) is 17.5 Å². The molecule has 0 saturated heterocycles. The molecule has 1 heterocycles. The lowest BCUT2D eigenvalue weighted by Crippen LogP contribution is -2.29. The van der Waals surface area contributed by atoms with Gasteiger partial charge in [0.05, 0.1) is 6.07 Å². The van der Waals surface area contributed by atoms with Crippen LogP contribution >= 0.6 is 0 Å². The van der Waals surface area contributed by atoms with Crippen LogP contribution in [0.25, 0.3) is 11.4 Å². The average molecular weight is 422 g/mol. The van der Waals surface area contributed by atoms with Crippen molar-refractivity contribution >= 4 is 5.97 Å². The Bertz CT molecular complexity index is 840. The van der Waals surface area contributed by atoms with E-state index in [9.17, 15) is 10.1 Å². The highest BCUT2D eigenvalue weighted by Crippen LogP contribution is 2.25. The number of unbranched alkanes of at least 4 members (excludes halogenated alkanes) is 7. The number of hydrogen-bond acceptors (Lipinski definition) is 5. The van der Waals surface area contributed by atoms with Gasteiger partial charge in [0.25, 0.3) is 0 Å². The van der Waals surface area contributed by atoms with Crippen molar-refractivity contribution in [1.29, 1.82) is 5.26 Å². The van der Waals surface area contributed by atoms with Crippen molar-refractivity contribution in [2.45, 2.75) is 85.0 Å². The minimum atomic E-state index is -1.13. The predicted octanol–water partition coefficient (Wildman–Crippen LogP) is 6.67. The number of ether oxygens (including phenoxy) is 1. The lowest BCUT2D eigenvalue weighted by Gasteiger charge is -2.17. The number of esters is 1. The number of aryl methyl sites for hydroxylation is 1. The van der Waals surface area contributed by atoms with E-state index in [1.807, 2.05) is 30.6 Å². The Labute approximate surface area is 186 Å². The summed E-state index contributed by atoms with van der Waals surface area (Å²) in [6.45, 7) is 5.63. The number of carbonyl (C=O) groups excluding carboxylic acids is 1. The number of benzene rings is 1. The van der Waals surface area contributed by atoms with E-state index in [0.29, 0.717) is 18.0 Å². The first-order valence-corrected chi connectivity index (χ1v) is 11.6. The van der Waals surface area contributed by atoms with E-state index >= 15 is 0 Å². The van der Waals surface area contributed by atoms with Crippen molar-refractivity contribution in [3.05, 3.63) is 42.2 Å². The summed E-state index contributed by atoms with van der Waals surface area (Å²) < 4.78 is 5.36. The van der Waals surface area contributed by atoms with Gasteiger partial charge in [-0.3, -0.25) is 0 Å². The maximum atomic E-state index is 12.2. The Hall–Kier alpha value is -2.74. The zero-order valence-electron chi connectivity index (χ0n) is 19.2. The number of hydrogen-bond donors (Lipinski definition) is 0. The molecule has 0 saturated carbocycles. The second kappa shape index (κ2) is 12.8. The van der Waals surface area contributed by atoms with Gasteiger partial charge in [-0.25, -0.2) is 14.8 Å². The molecule has 2 aromatic rings. The second-order valence-electron chi connectivity index (χ2n) is 8.35. The molecule has 5 heteroatoms. The normalized spacial score (nSPS) is 12.7. The van der Waals surface area contributed by atoms with Crippen molar-refractivity contribution in [3.63, 3.8) is 0 Å². The summed E-state index contributed by atoms with van der Waals surface area (Å²) >= 11 is 0. The van der Waals surface area contributed by atoms with Gasteiger partial charge in [-0.15, -0.1) is 0 Å². The summed E-state index contributed by atoms with van der Waals surface area (Å²) in [6, 6.07) is 9.09. The summed E-state index contributed by atoms with van der Waals surface area (Å²) in [5, 5.41) is 9.20. The molecule has 31 heavy (non-hydrogen) atoms. The zero-order chi connectivity index (χ0) is 22.5. The smallest absolute Gasteiger partial charge is 0.331 e. The van der Waals surface area contributed by atoms with Crippen LogP contribution < -0.4 is 4.74 Å². The quantitative estimate of drug-likeness (QED) is 0.205. The molecule has 0 aliphatic rings. The van der Waals surface area contributed by atoms with Crippen LogP contribution in [0.2, 0.25) is 0 Å². The molecular formula is C26H35N3O2. The molecule has 0 N–H and O–H groups in total. The van der Waals surface area contributed by atoms with Gasteiger partial charge in [0.15, 0.2) is 11.2 Å². The number of carbonyl (C=O) groups is 1. The van der Waals surface area contributed by atoms with Gasteiger partial charge in [0, 0.05) is 18.0 Å². The number of aromatic nitrogens is 2. The number of rotatable bonds is 13. The molecule has 166 valence electrons. The molecular weight excluding hydrogens is 386 g/mol. The summed E-state index contributed by atoms with van der Waals surface area (Å²) in [7, 11) is 0. The van der Waals surface area contributed by atoms with Crippen molar-refractivity contribution in [1.82, 2.24) is 9.97 Å². The maximum Gasteiger partial charge on any atom is 0.331 e. The Kier molecular flexibility index (Phi) is 10.2. The van der Waals surface area contributed by atoms with E-state index in [-0.39, 0.29) is 0 Å². The highest BCUT2D eigenvalue weighted by molar-refractivity contribution is 5.81. The minimum absolute atomic E-state index is 0.402. The predicted molar refractivity (Wildman–Crippen MR) is 123 cm³/mol. The van der Waals surface area contributed by atoms with Crippen LogP contribution in [-0.2, 0) is 11.2 Å². The lowest BCUT2D eigenvalue weighted by molar-refractivity contribution is -0.141. The molecule has 0 aliphatic heterocycles. The monoisotopic (exact) mass is 421 g/mol. The molecule has 0 aliphatic carbocycles. The fraction of sp³-hybridized carbons (Fsp3) is 0.538. The number of nitriles is 1. The van der Waals surface area contributed by atoms with Crippen LogP contribution in [0, 0.1) is 16.7 Å². The molecule has 1 unspecified atom stereocenters. The lowest BCUT2D eigenvalue weighted by atomic mass is 9.90. The molecule has 2 rings (SSSR count). The summed E-state index contributed by atoms with van der Waals surface area (Å²) in [6.07, 6.45) is 15.7. The molecule has 0 radical (unpaired) electrons. The van der Waals surface area contributed by atoms with Crippen molar-refractivity contribution in [3.8, 4) is 23.2 Å². The van der Waals surface area contributed by atoms with Crippen LogP contribution in [-0.4, -0.2) is 15.9 Å². The summed E-state index contributed by atoms with van der Waals surface area (Å²) in [5.41, 5.74) is 0.889. The van der Waals surface area contributed by atoms with E-state index in [1.54, 1.807) is 26.0 Å². The van der Waals surface area contributed by atoms with E-state index in [2.05, 4.69) is 16.9 Å². The van der Waals surface area contributed by atoms with Crippen molar-refractivity contribution in [2.75, 3.05) is 0 Å². The van der Waals surface area contributed by atoms with Gasteiger partial charge in [-0.1, -0.05) is 58.8 Å². The third-order valence-corrected chi connectivity index (χ3v) is 5.75. The standard InChI is InChI=1S/C26H35N3O2/c1-4-6-7-8-9-10-11-12-13-21-18-28-24(29-19-21)22-14-16-23(17-15-22)31-25(30)26(3,5-2)20-27/h14-19H,4-13H2,1-3H3. The molecule has 1 atom stereocenters. The molecule has 1 aromatic carbocycles. The third-order valence-electron chi connectivity index (χ3n) is 5.75. The van der Waals surface area contributed by atoms with Gasteiger partial charge in [-0.05, 0) is 56.0 Å². The number of nitrogens with zero attached hydrogens (tertiary/aromatic N) is 3. The SMILES string of the molecule is CCCCCCCCCCc1cnc(-c2ccc(OC(=O)C(C)(C#N)CC)cc2)nc1. The Morgan fingerprint density at radius 1 is 0.968 bits per heavy atom. The fourth-order valence-electron chi connectivity index (χ4n) is 3.26.